The van der Waals surface area contributed by atoms with E-state index in [0.29, 0.717) is 32.5 Å². The van der Waals surface area contributed by atoms with E-state index < -0.39 is 17.8 Å². The van der Waals surface area contributed by atoms with Crippen LogP contribution in [0.5, 0.6) is 0 Å². The first-order valence-corrected chi connectivity index (χ1v) is 8.91. The number of fused-ring (bicyclic) bond motifs is 4. The molecule has 3 heterocycles. The minimum absolute atomic E-state index is 0.0235. The minimum atomic E-state index is -0.892. The minimum Gasteiger partial charge on any atom is -0.481 e. The molecule has 1 fully saturated rings. The molecule has 1 aliphatic carbocycles. The van der Waals surface area contributed by atoms with Crippen LogP contribution < -0.4 is 5.56 Å². The summed E-state index contributed by atoms with van der Waals surface area (Å²) < 4.78 is 1.84. The number of amides is 1. The zero-order valence-electron chi connectivity index (χ0n) is 14.0. The maximum Gasteiger partial charge on any atom is 0.307 e. The largest absolute Gasteiger partial charge is 0.481 e. The SMILES string of the molecule is O=C(O)[C@H]1CC=CC[C@H]1C(=O)N1C[C@H]2C[C@H](C1)c1cccc(=O)n1C2. The number of hydrogen-bond acceptors (Lipinski definition) is 3. The van der Waals surface area contributed by atoms with E-state index >= 15 is 0 Å². The second-order valence-electron chi connectivity index (χ2n) is 7.44. The number of likely N-dealkylation sites (tertiary alicyclic amines) is 1. The Morgan fingerprint density at radius 3 is 2.56 bits per heavy atom. The molecule has 25 heavy (non-hydrogen) atoms. The lowest BCUT2D eigenvalue weighted by atomic mass is 9.79. The molecule has 1 aromatic heterocycles. The fraction of sp³-hybridized carbons (Fsp3) is 0.526. The van der Waals surface area contributed by atoms with Gasteiger partial charge in [0, 0.05) is 37.3 Å². The van der Waals surface area contributed by atoms with Gasteiger partial charge in [0.2, 0.25) is 5.91 Å². The van der Waals surface area contributed by atoms with E-state index in [1.807, 2.05) is 27.7 Å². The lowest BCUT2D eigenvalue weighted by Crippen LogP contribution is -2.51. The molecule has 0 unspecified atom stereocenters. The van der Waals surface area contributed by atoms with Crippen LogP contribution in [0.1, 0.15) is 30.9 Å². The Bertz CT molecular complexity index is 797. The lowest BCUT2D eigenvalue weighted by molar-refractivity contribution is -0.151. The third-order valence-electron chi connectivity index (χ3n) is 5.86. The van der Waals surface area contributed by atoms with Crippen molar-refractivity contribution >= 4 is 11.9 Å². The van der Waals surface area contributed by atoms with Gasteiger partial charge in [-0.05, 0) is 31.2 Å². The molecular formula is C19H22N2O4. The summed E-state index contributed by atoms with van der Waals surface area (Å²) in [6.07, 6.45) is 5.68. The molecule has 1 amide bonds. The third kappa shape index (κ3) is 2.79. The molecule has 0 saturated carbocycles. The highest BCUT2D eigenvalue weighted by Crippen LogP contribution is 2.37. The van der Waals surface area contributed by atoms with Crippen LogP contribution in [-0.4, -0.2) is 39.5 Å². The van der Waals surface area contributed by atoms with Gasteiger partial charge in [0.1, 0.15) is 0 Å². The van der Waals surface area contributed by atoms with Crippen molar-refractivity contribution < 1.29 is 14.7 Å². The fourth-order valence-electron chi connectivity index (χ4n) is 4.67. The summed E-state index contributed by atoms with van der Waals surface area (Å²) in [5.41, 5.74) is 1.02. The highest BCUT2D eigenvalue weighted by atomic mass is 16.4. The number of carboxylic acids is 1. The Hall–Kier alpha value is -2.37. The predicted molar refractivity (Wildman–Crippen MR) is 91.1 cm³/mol. The van der Waals surface area contributed by atoms with Crippen molar-refractivity contribution in [2.24, 2.45) is 17.8 Å². The van der Waals surface area contributed by atoms with Gasteiger partial charge in [0.05, 0.1) is 11.8 Å². The van der Waals surface area contributed by atoms with E-state index in [4.69, 9.17) is 0 Å². The van der Waals surface area contributed by atoms with E-state index in [9.17, 15) is 19.5 Å². The highest BCUT2D eigenvalue weighted by Gasteiger charge is 2.41. The molecule has 4 atom stereocenters. The standard InChI is InChI=1S/C19H22N2O4/c22-17-7-3-6-16-13-8-12(10-21(16)17)9-20(11-13)18(23)14-4-1-2-5-15(14)19(24)25/h1-3,6-7,12-15H,4-5,8-11H2,(H,24,25)/t12-,13-,14-,15+/m1/s1. The van der Waals surface area contributed by atoms with Crippen LogP contribution in [0.3, 0.4) is 0 Å². The summed E-state index contributed by atoms with van der Waals surface area (Å²) >= 11 is 0. The number of carbonyl (C=O) groups excluding carboxylic acids is 1. The zero-order chi connectivity index (χ0) is 17.6. The molecule has 6 heteroatoms. The second kappa shape index (κ2) is 6.17. The van der Waals surface area contributed by atoms with Crippen molar-refractivity contribution in [3.8, 4) is 0 Å². The lowest BCUT2D eigenvalue weighted by Gasteiger charge is -2.44. The normalized spacial score (nSPS) is 30.6. The quantitative estimate of drug-likeness (QED) is 0.825. The van der Waals surface area contributed by atoms with E-state index in [-0.39, 0.29) is 23.3 Å². The topological polar surface area (TPSA) is 79.6 Å². The summed E-state index contributed by atoms with van der Waals surface area (Å²) in [7, 11) is 0. The van der Waals surface area contributed by atoms with Crippen LogP contribution in [0, 0.1) is 17.8 Å². The van der Waals surface area contributed by atoms with Gasteiger partial charge in [-0.2, -0.15) is 0 Å². The summed E-state index contributed by atoms with van der Waals surface area (Å²) in [6.45, 7) is 1.83. The van der Waals surface area contributed by atoms with E-state index in [0.717, 1.165) is 12.1 Å². The van der Waals surface area contributed by atoms with Crippen LogP contribution in [0.2, 0.25) is 0 Å². The van der Waals surface area contributed by atoms with Gasteiger partial charge in [-0.25, -0.2) is 0 Å². The van der Waals surface area contributed by atoms with Gasteiger partial charge < -0.3 is 14.6 Å². The smallest absolute Gasteiger partial charge is 0.307 e. The molecule has 1 N–H and O–H groups in total. The van der Waals surface area contributed by atoms with Gasteiger partial charge in [0.25, 0.3) is 5.56 Å². The Morgan fingerprint density at radius 1 is 1.04 bits per heavy atom. The zero-order valence-corrected chi connectivity index (χ0v) is 14.0. The van der Waals surface area contributed by atoms with Crippen molar-refractivity contribution in [2.45, 2.75) is 31.7 Å². The number of pyridine rings is 1. The van der Waals surface area contributed by atoms with Crippen LogP contribution in [0.4, 0.5) is 0 Å². The van der Waals surface area contributed by atoms with Crippen molar-refractivity contribution in [1.82, 2.24) is 9.47 Å². The highest BCUT2D eigenvalue weighted by molar-refractivity contribution is 5.85. The van der Waals surface area contributed by atoms with Crippen molar-refractivity contribution in [3.63, 3.8) is 0 Å². The molecule has 132 valence electrons. The van der Waals surface area contributed by atoms with Gasteiger partial charge in [-0.3, -0.25) is 14.4 Å². The molecule has 6 nitrogen and oxygen atoms in total. The maximum absolute atomic E-state index is 13.0. The molecular weight excluding hydrogens is 320 g/mol. The van der Waals surface area contributed by atoms with Gasteiger partial charge in [-0.1, -0.05) is 18.2 Å². The second-order valence-corrected chi connectivity index (χ2v) is 7.44. The first-order valence-electron chi connectivity index (χ1n) is 8.91. The number of allylic oxidation sites excluding steroid dienone is 2. The average molecular weight is 342 g/mol. The summed E-state index contributed by atoms with van der Waals surface area (Å²) in [5.74, 6) is -1.62. The van der Waals surface area contributed by atoms with Gasteiger partial charge in [0.15, 0.2) is 0 Å². The summed E-state index contributed by atoms with van der Waals surface area (Å²) in [5, 5.41) is 9.44. The van der Waals surface area contributed by atoms with Crippen LogP contribution >= 0.6 is 0 Å². The molecule has 1 aromatic rings. The molecule has 0 spiro atoms. The average Bonchev–Trinajstić information content (AvgIpc) is 2.62. The third-order valence-corrected chi connectivity index (χ3v) is 5.86. The number of carbonyl (C=O) groups is 2. The van der Waals surface area contributed by atoms with Crippen LogP contribution in [-0.2, 0) is 16.1 Å². The van der Waals surface area contributed by atoms with E-state index in [1.54, 1.807) is 12.1 Å². The number of aliphatic carboxylic acids is 1. The monoisotopic (exact) mass is 342 g/mol. The number of aromatic nitrogens is 1. The van der Waals surface area contributed by atoms with Crippen LogP contribution in [0.15, 0.2) is 35.1 Å². The van der Waals surface area contributed by atoms with Gasteiger partial charge in [-0.15, -0.1) is 0 Å². The van der Waals surface area contributed by atoms with Crippen molar-refractivity contribution in [1.29, 1.82) is 0 Å². The van der Waals surface area contributed by atoms with Crippen LogP contribution in [0.25, 0.3) is 0 Å². The Labute approximate surface area is 145 Å². The number of hydrogen-bond donors (Lipinski definition) is 1. The van der Waals surface area contributed by atoms with Gasteiger partial charge >= 0.3 is 5.97 Å². The maximum atomic E-state index is 13.0. The van der Waals surface area contributed by atoms with E-state index in [2.05, 4.69) is 0 Å². The summed E-state index contributed by atoms with van der Waals surface area (Å²) in [6, 6.07) is 5.33. The molecule has 2 bridgehead atoms. The van der Waals surface area contributed by atoms with E-state index in [1.165, 1.54) is 0 Å². The fourth-order valence-corrected chi connectivity index (χ4v) is 4.67. The first-order chi connectivity index (χ1) is 12.0. The van der Waals surface area contributed by atoms with Crippen molar-refractivity contribution in [2.75, 3.05) is 13.1 Å². The molecule has 2 aliphatic heterocycles. The molecule has 4 rings (SSSR count). The number of rotatable bonds is 2. The molecule has 0 aromatic carbocycles. The Morgan fingerprint density at radius 2 is 1.80 bits per heavy atom. The number of nitrogens with zero attached hydrogens (tertiary/aromatic N) is 2. The molecule has 1 saturated heterocycles. The Kier molecular flexibility index (Phi) is 3.98. The number of carboxylic acid groups (broad SMARTS) is 1. The predicted octanol–water partition coefficient (Wildman–Crippen LogP) is 1.46. The first kappa shape index (κ1) is 16.1. The molecule has 3 aliphatic rings. The number of piperidine rings is 1. The molecule has 0 radical (unpaired) electrons. The Balaban J connectivity index is 1.58. The van der Waals surface area contributed by atoms with Crippen molar-refractivity contribution in [3.05, 3.63) is 46.4 Å². The summed E-state index contributed by atoms with van der Waals surface area (Å²) in [4.78, 5) is 38.5.